The fourth-order valence-electron chi connectivity index (χ4n) is 4.59. The molecule has 2 heteroatoms. The summed E-state index contributed by atoms with van der Waals surface area (Å²) in [4.78, 5) is 11.4. The molecule has 0 spiro atoms. The normalized spacial score (nSPS) is 49.4. The Morgan fingerprint density at radius 1 is 1.12 bits per heavy atom. The molecular weight excluding hydrogens is 198 g/mol. The number of carbonyl (C=O) groups excluding carboxylic acids is 1. The van der Waals surface area contributed by atoms with Crippen molar-refractivity contribution in [3.8, 4) is 0 Å². The minimum absolute atomic E-state index is 0.0193. The molecule has 0 heterocycles. The zero-order chi connectivity index (χ0) is 12.3. The first kappa shape index (κ1) is 11.9. The highest BCUT2D eigenvalue weighted by molar-refractivity contribution is 5.74. The van der Waals surface area contributed by atoms with Crippen molar-refractivity contribution < 1.29 is 4.79 Å². The van der Waals surface area contributed by atoms with Gasteiger partial charge in [-0.3, -0.25) is 4.79 Å². The van der Waals surface area contributed by atoms with Crippen molar-refractivity contribution in [2.24, 2.45) is 29.1 Å². The van der Waals surface area contributed by atoms with E-state index in [1.165, 1.54) is 6.42 Å². The van der Waals surface area contributed by atoms with E-state index in [9.17, 15) is 4.79 Å². The molecule has 2 fully saturated rings. The summed E-state index contributed by atoms with van der Waals surface area (Å²) in [6.45, 7) is 13.3. The number of nitrogens with one attached hydrogen (secondary N) is 1. The fourth-order valence-corrected chi connectivity index (χ4v) is 4.59. The van der Waals surface area contributed by atoms with Gasteiger partial charge in [0.05, 0.1) is 0 Å². The van der Waals surface area contributed by atoms with Gasteiger partial charge in [0.2, 0.25) is 5.91 Å². The Morgan fingerprint density at radius 3 is 2.12 bits per heavy atom. The van der Waals surface area contributed by atoms with Gasteiger partial charge in [-0.2, -0.15) is 0 Å². The summed E-state index contributed by atoms with van der Waals surface area (Å²) in [5, 5.41) is 3.23. The number of hydrogen-bond acceptors (Lipinski definition) is 1. The molecule has 2 saturated carbocycles. The SMILES string of the molecule is CC(=O)N[C@]1(C)[C@@H](C)[C@H]2C[C@H]1[C@H](C)C2(C)C. The summed E-state index contributed by atoms with van der Waals surface area (Å²) in [6.07, 6.45) is 1.28. The van der Waals surface area contributed by atoms with Gasteiger partial charge in [0.25, 0.3) is 0 Å². The molecule has 2 nitrogen and oxygen atoms in total. The van der Waals surface area contributed by atoms with Crippen molar-refractivity contribution in [3.63, 3.8) is 0 Å². The Kier molecular flexibility index (Phi) is 2.42. The molecule has 2 aliphatic rings. The second-order valence-corrected chi connectivity index (χ2v) is 6.81. The molecule has 92 valence electrons. The van der Waals surface area contributed by atoms with Crippen molar-refractivity contribution in [2.75, 3.05) is 0 Å². The lowest BCUT2D eigenvalue weighted by molar-refractivity contribution is -0.123. The summed E-state index contributed by atoms with van der Waals surface area (Å²) >= 11 is 0. The van der Waals surface area contributed by atoms with Crippen LogP contribution in [0.5, 0.6) is 0 Å². The largest absolute Gasteiger partial charge is 0.351 e. The average molecular weight is 223 g/mol. The van der Waals surface area contributed by atoms with Crippen LogP contribution < -0.4 is 5.32 Å². The highest BCUT2D eigenvalue weighted by atomic mass is 16.1. The van der Waals surface area contributed by atoms with Crippen LogP contribution in [0.2, 0.25) is 0 Å². The molecule has 5 atom stereocenters. The molecule has 0 aromatic carbocycles. The molecule has 2 aliphatic carbocycles. The maximum atomic E-state index is 11.4. The third kappa shape index (κ3) is 1.28. The van der Waals surface area contributed by atoms with Crippen LogP contribution >= 0.6 is 0 Å². The Hall–Kier alpha value is -0.530. The number of fused-ring (bicyclic) bond motifs is 2. The van der Waals surface area contributed by atoms with E-state index in [-0.39, 0.29) is 11.4 Å². The predicted octanol–water partition coefficient (Wildman–Crippen LogP) is 2.83. The van der Waals surface area contributed by atoms with Gasteiger partial charge in [0.1, 0.15) is 0 Å². The standard InChI is InChI=1S/C14H25NO/c1-8-12-7-11(13(8,4)5)9(2)14(12,6)15-10(3)16/h8-9,11-12H,7H2,1-6H3,(H,15,16)/t8-,9-,11+,12-,14+/m0/s1. The van der Waals surface area contributed by atoms with Gasteiger partial charge in [-0.15, -0.1) is 0 Å². The van der Waals surface area contributed by atoms with E-state index in [2.05, 4.69) is 39.9 Å². The molecule has 0 aromatic heterocycles. The molecule has 0 radical (unpaired) electrons. The Morgan fingerprint density at radius 2 is 1.69 bits per heavy atom. The molecule has 16 heavy (non-hydrogen) atoms. The van der Waals surface area contributed by atoms with Crippen LogP contribution in [-0.4, -0.2) is 11.4 Å². The van der Waals surface area contributed by atoms with Crippen LogP contribution in [0.25, 0.3) is 0 Å². The summed E-state index contributed by atoms with van der Waals surface area (Å²) in [6, 6.07) is 0. The maximum Gasteiger partial charge on any atom is 0.217 e. The van der Waals surface area contributed by atoms with E-state index in [1.807, 2.05) is 0 Å². The monoisotopic (exact) mass is 223 g/mol. The van der Waals surface area contributed by atoms with Crippen LogP contribution in [-0.2, 0) is 4.79 Å². The molecule has 2 rings (SSSR count). The first-order valence-corrected chi connectivity index (χ1v) is 6.50. The van der Waals surface area contributed by atoms with E-state index in [4.69, 9.17) is 0 Å². The topological polar surface area (TPSA) is 29.1 Å². The van der Waals surface area contributed by atoms with Gasteiger partial charge in [-0.25, -0.2) is 0 Å². The fraction of sp³-hybridized carbons (Fsp3) is 0.929. The van der Waals surface area contributed by atoms with Gasteiger partial charge in [0, 0.05) is 12.5 Å². The average Bonchev–Trinajstić information content (AvgIpc) is 2.50. The smallest absolute Gasteiger partial charge is 0.217 e. The van der Waals surface area contributed by atoms with Crippen molar-refractivity contribution in [2.45, 2.75) is 53.5 Å². The number of rotatable bonds is 1. The molecule has 0 saturated heterocycles. The van der Waals surface area contributed by atoms with Crippen molar-refractivity contribution in [1.29, 1.82) is 0 Å². The molecule has 0 aliphatic heterocycles. The van der Waals surface area contributed by atoms with Crippen LogP contribution in [0.4, 0.5) is 0 Å². The zero-order valence-electron chi connectivity index (χ0n) is 11.4. The van der Waals surface area contributed by atoms with Crippen molar-refractivity contribution in [3.05, 3.63) is 0 Å². The van der Waals surface area contributed by atoms with Crippen LogP contribution in [0.1, 0.15) is 48.0 Å². The Labute approximate surface area is 99.2 Å². The predicted molar refractivity (Wildman–Crippen MR) is 65.9 cm³/mol. The maximum absolute atomic E-state index is 11.4. The highest BCUT2D eigenvalue weighted by Crippen LogP contribution is 2.65. The lowest BCUT2D eigenvalue weighted by Gasteiger charge is -2.50. The van der Waals surface area contributed by atoms with Crippen LogP contribution in [0.15, 0.2) is 0 Å². The Balaban J connectivity index is 2.31. The molecule has 1 amide bonds. The van der Waals surface area contributed by atoms with E-state index in [1.54, 1.807) is 6.92 Å². The van der Waals surface area contributed by atoms with Gasteiger partial charge in [-0.1, -0.05) is 27.7 Å². The lowest BCUT2D eigenvalue weighted by Crippen LogP contribution is -2.58. The van der Waals surface area contributed by atoms with Gasteiger partial charge in [0.15, 0.2) is 0 Å². The van der Waals surface area contributed by atoms with Gasteiger partial charge >= 0.3 is 0 Å². The minimum atomic E-state index is 0.0193. The third-order valence-electron chi connectivity index (χ3n) is 6.01. The Bertz CT molecular complexity index is 323. The summed E-state index contributed by atoms with van der Waals surface area (Å²) < 4.78 is 0. The quantitative estimate of drug-likeness (QED) is 0.727. The van der Waals surface area contributed by atoms with Gasteiger partial charge in [-0.05, 0) is 42.4 Å². The minimum Gasteiger partial charge on any atom is -0.351 e. The summed E-state index contributed by atoms with van der Waals surface area (Å²) in [7, 11) is 0. The first-order chi connectivity index (χ1) is 7.21. The molecule has 1 N–H and O–H groups in total. The second kappa shape index (κ2) is 3.24. The first-order valence-electron chi connectivity index (χ1n) is 6.50. The van der Waals surface area contributed by atoms with Crippen molar-refractivity contribution >= 4 is 5.91 Å². The van der Waals surface area contributed by atoms with E-state index < -0.39 is 0 Å². The highest BCUT2D eigenvalue weighted by Gasteiger charge is 2.64. The van der Waals surface area contributed by atoms with Crippen LogP contribution in [0, 0.1) is 29.1 Å². The van der Waals surface area contributed by atoms with E-state index in [0.29, 0.717) is 23.2 Å². The number of amides is 1. The molecular formula is C14H25NO. The second-order valence-electron chi connectivity index (χ2n) is 6.81. The van der Waals surface area contributed by atoms with Crippen molar-refractivity contribution in [1.82, 2.24) is 5.32 Å². The molecule has 0 unspecified atom stereocenters. The lowest BCUT2D eigenvalue weighted by atomic mass is 9.59. The zero-order valence-corrected chi connectivity index (χ0v) is 11.4. The third-order valence-corrected chi connectivity index (χ3v) is 6.01. The van der Waals surface area contributed by atoms with Gasteiger partial charge < -0.3 is 5.32 Å². The molecule has 2 bridgehead atoms. The summed E-state index contributed by atoms with van der Waals surface area (Å²) in [5.74, 6) is 2.81. The number of hydrogen-bond donors (Lipinski definition) is 1. The summed E-state index contributed by atoms with van der Waals surface area (Å²) in [5.41, 5.74) is 0.452. The van der Waals surface area contributed by atoms with Crippen LogP contribution in [0.3, 0.4) is 0 Å². The van der Waals surface area contributed by atoms with E-state index >= 15 is 0 Å². The van der Waals surface area contributed by atoms with E-state index in [0.717, 1.165) is 5.92 Å². The number of carbonyl (C=O) groups is 1. The molecule has 0 aromatic rings.